The molecule has 1 saturated heterocycles. The molecule has 29 heavy (non-hydrogen) atoms. The van der Waals surface area contributed by atoms with Gasteiger partial charge in [-0.3, -0.25) is 0 Å². The third kappa shape index (κ3) is 7.59. The van der Waals surface area contributed by atoms with Gasteiger partial charge in [-0.2, -0.15) is 0 Å². The van der Waals surface area contributed by atoms with Gasteiger partial charge in [-0.05, 0) is 50.6 Å². The summed E-state index contributed by atoms with van der Waals surface area (Å²) in [7, 11) is 0. The van der Waals surface area contributed by atoms with Gasteiger partial charge in [0, 0.05) is 33.6 Å². The maximum absolute atomic E-state index is 14.2. The van der Waals surface area contributed by atoms with Crippen LogP contribution >= 0.6 is 11.6 Å². The molecular weight excluding hydrogens is 389 g/mol. The molecule has 0 bridgehead atoms. The molecule has 0 aliphatic carbocycles. The summed E-state index contributed by atoms with van der Waals surface area (Å²) in [5.74, 6) is -0.331. The van der Waals surface area contributed by atoms with Crippen molar-refractivity contribution in [3.63, 3.8) is 0 Å². The van der Waals surface area contributed by atoms with E-state index in [4.69, 9.17) is 27.8 Å². The van der Waals surface area contributed by atoms with Gasteiger partial charge < -0.3 is 21.5 Å². The van der Waals surface area contributed by atoms with E-state index in [1.807, 2.05) is 33.8 Å². The molecule has 0 spiro atoms. The molecule has 0 saturated carbocycles. The van der Waals surface area contributed by atoms with Crippen LogP contribution in [0.4, 0.5) is 4.39 Å². The van der Waals surface area contributed by atoms with E-state index >= 15 is 0 Å². The molecule has 1 heterocycles. The number of hydrogen-bond acceptors (Lipinski definition) is 4. The Morgan fingerprint density at radius 2 is 1.90 bits per heavy atom. The Morgan fingerprint density at radius 3 is 2.41 bits per heavy atom. The van der Waals surface area contributed by atoms with Crippen molar-refractivity contribution in [2.45, 2.75) is 41.0 Å². The lowest BCUT2D eigenvalue weighted by Crippen LogP contribution is -2.35. The van der Waals surface area contributed by atoms with Crippen molar-refractivity contribution in [2.75, 3.05) is 13.2 Å². The topological polar surface area (TPSA) is 73.3 Å². The minimum absolute atomic E-state index is 0.107. The lowest BCUT2D eigenvalue weighted by molar-refractivity contribution is -0.0144. The van der Waals surface area contributed by atoms with Gasteiger partial charge in [-0.15, -0.1) is 0 Å². The summed E-state index contributed by atoms with van der Waals surface area (Å²) < 4.78 is 19.4. The van der Waals surface area contributed by atoms with E-state index in [-0.39, 0.29) is 17.2 Å². The Morgan fingerprint density at radius 1 is 1.24 bits per heavy atom. The van der Waals surface area contributed by atoms with Crippen LogP contribution in [0.15, 0.2) is 59.1 Å². The molecule has 0 unspecified atom stereocenters. The summed E-state index contributed by atoms with van der Waals surface area (Å²) in [5, 5.41) is 3.76. The van der Waals surface area contributed by atoms with Crippen molar-refractivity contribution < 1.29 is 9.13 Å². The van der Waals surface area contributed by atoms with Crippen LogP contribution in [0.2, 0.25) is 5.02 Å². The smallest absolute Gasteiger partial charge is 0.132 e. The average molecular weight is 422 g/mol. The number of rotatable bonds is 7. The van der Waals surface area contributed by atoms with E-state index in [0.717, 1.165) is 17.7 Å². The highest BCUT2D eigenvalue weighted by molar-refractivity contribution is 6.30. The lowest BCUT2D eigenvalue weighted by Gasteiger charge is -2.28. The summed E-state index contributed by atoms with van der Waals surface area (Å²) >= 11 is 5.99. The molecule has 1 fully saturated rings. The lowest BCUT2D eigenvalue weighted by atomic mass is 10.0. The second kappa shape index (κ2) is 12.3. The van der Waals surface area contributed by atoms with Crippen molar-refractivity contribution >= 4 is 17.3 Å². The van der Waals surface area contributed by atoms with Crippen LogP contribution in [-0.2, 0) is 4.74 Å². The van der Waals surface area contributed by atoms with Crippen LogP contribution in [-0.4, -0.2) is 13.2 Å². The summed E-state index contributed by atoms with van der Waals surface area (Å²) in [6.07, 6.45) is 6.60. The highest BCUT2D eigenvalue weighted by Gasteiger charge is 2.23. The molecule has 160 valence electrons. The second-order valence-electron chi connectivity index (χ2n) is 6.74. The van der Waals surface area contributed by atoms with E-state index in [0.29, 0.717) is 29.6 Å². The van der Waals surface area contributed by atoms with Crippen molar-refractivity contribution in [3.05, 3.63) is 75.5 Å². The van der Waals surface area contributed by atoms with E-state index in [1.165, 1.54) is 18.2 Å². The zero-order chi connectivity index (χ0) is 22.0. The molecule has 0 radical (unpaired) electrons. The Bertz CT molecular complexity index is 804. The molecule has 1 aromatic rings. The fourth-order valence-electron chi connectivity index (χ4n) is 2.61. The van der Waals surface area contributed by atoms with Crippen molar-refractivity contribution in [1.82, 2.24) is 5.32 Å². The first kappa shape index (κ1) is 24.8. The summed E-state index contributed by atoms with van der Waals surface area (Å²) in [6, 6.07) is 4.28. The van der Waals surface area contributed by atoms with Crippen molar-refractivity contribution in [3.8, 4) is 0 Å². The standard InChI is InChI=1S/C21H27ClFN3O.C2H6/c1-4-5-16(8-13(2)3)26-20(21(25)14-11-27-12-14)10-19(24)17-9-15(22)6-7-18(17)23;1-2/h5-10,14,26H,4,11-12,24-25H2,1-3H3;1-2H3/b16-5+,19-10-,21-20+;. The van der Waals surface area contributed by atoms with Crippen molar-refractivity contribution in [1.29, 1.82) is 0 Å². The van der Waals surface area contributed by atoms with Crippen LogP contribution in [0, 0.1) is 11.7 Å². The zero-order valence-electron chi connectivity index (χ0n) is 18.0. The number of hydrogen-bond donors (Lipinski definition) is 3. The molecule has 5 N–H and O–H groups in total. The molecule has 0 aromatic heterocycles. The molecular formula is C23H33ClFN3O. The number of halogens is 2. The number of nitrogens with two attached hydrogens (primary N) is 2. The summed E-state index contributed by atoms with van der Waals surface area (Å²) in [6.45, 7) is 11.2. The number of allylic oxidation sites excluding steroid dienone is 4. The zero-order valence-corrected chi connectivity index (χ0v) is 18.7. The molecule has 4 nitrogen and oxygen atoms in total. The van der Waals surface area contributed by atoms with Crippen LogP contribution in [0.5, 0.6) is 0 Å². The molecule has 0 amide bonds. The number of ether oxygens (including phenoxy) is 1. The Hall–Kier alpha value is -2.24. The largest absolute Gasteiger partial charge is 0.400 e. The normalized spacial score (nSPS) is 15.6. The Kier molecular flexibility index (Phi) is 10.6. The SMILES string of the molecule is CC.CC/C=C(\C=C(C)C)NC(/C=C(\N)c1cc(Cl)ccc1F)=C(/N)C1COC1. The monoisotopic (exact) mass is 421 g/mol. The number of benzene rings is 1. The van der Waals surface area contributed by atoms with Gasteiger partial charge in [0.1, 0.15) is 5.82 Å². The van der Waals surface area contributed by atoms with E-state index in [9.17, 15) is 4.39 Å². The van der Waals surface area contributed by atoms with Crippen LogP contribution in [0.3, 0.4) is 0 Å². The molecule has 6 heteroatoms. The third-order valence-electron chi connectivity index (χ3n) is 4.08. The van der Waals surface area contributed by atoms with Crippen LogP contribution in [0.25, 0.3) is 5.70 Å². The highest BCUT2D eigenvalue weighted by Crippen LogP contribution is 2.24. The molecule has 1 aliphatic rings. The Balaban J connectivity index is 0.00000204. The molecule has 2 rings (SSSR count). The van der Waals surface area contributed by atoms with Gasteiger partial charge in [-0.25, -0.2) is 4.39 Å². The first-order valence-corrected chi connectivity index (χ1v) is 10.3. The van der Waals surface area contributed by atoms with Gasteiger partial charge in [0.05, 0.1) is 18.9 Å². The minimum atomic E-state index is -0.438. The van der Waals surface area contributed by atoms with Crippen LogP contribution < -0.4 is 16.8 Å². The average Bonchev–Trinajstić information content (AvgIpc) is 2.63. The maximum Gasteiger partial charge on any atom is 0.132 e. The van der Waals surface area contributed by atoms with E-state index < -0.39 is 5.82 Å². The van der Waals surface area contributed by atoms with E-state index in [2.05, 4.69) is 18.3 Å². The minimum Gasteiger partial charge on any atom is -0.400 e. The molecule has 1 aromatic carbocycles. The predicted octanol–water partition coefficient (Wildman–Crippen LogP) is 5.47. The second-order valence-corrected chi connectivity index (χ2v) is 7.18. The van der Waals surface area contributed by atoms with Crippen molar-refractivity contribution in [2.24, 2.45) is 17.4 Å². The molecule has 0 atom stereocenters. The Labute approximate surface area is 179 Å². The number of nitrogens with one attached hydrogen (secondary N) is 1. The third-order valence-corrected chi connectivity index (χ3v) is 4.31. The maximum atomic E-state index is 14.2. The van der Waals surface area contributed by atoms with Crippen LogP contribution in [0.1, 0.15) is 46.6 Å². The summed E-state index contributed by atoms with van der Waals surface area (Å²) in [5.41, 5.74) is 16.3. The van der Waals surface area contributed by atoms with Gasteiger partial charge in [-0.1, -0.05) is 44.0 Å². The van der Waals surface area contributed by atoms with Gasteiger partial charge in [0.25, 0.3) is 0 Å². The van der Waals surface area contributed by atoms with E-state index in [1.54, 1.807) is 6.08 Å². The quantitative estimate of drug-likeness (QED) is 0.510. The van der Waals surface area contributed by atoms with Gasteiger partial charge in [0.15, 0.2) is 0 Å². The van der Waals surface area contributed by atoms with Gasteiger partial charge in [0.2, 0.25) is 0 Å². The fraction of sp³-hybridized carbons (Fsp3) is 0.391. The molecule has 1 aliphatic heterocycles. The van der Waals surface area contributed by atoms with Gasteiger partial charge >= 0.3 is 0 Å². The highest BCUT2D eigenvalue weighted by atomic mass is 35.5. The summed E-state index contributed by atoms with van der Waals surface area (Å²) in [4.78, 5) is 0. The predicted molar refractivity (Wildman–Crippen MR) is 121 cm³/mol. The fourth-order valence-corrected chi connectivity index (χ4v) is 2.78. The first-order valence-electron chi connectivity index (χ1n) is 9.93. The first-order chi connectivity index (χ1) is 13.8.